The summed E-state index contributed by atoms with van der Waals surface area (Å²) in [7, 11) is -0.290. The molecule has 2 aromatic carbocycles. The average Bonchev–Trinajstić information content (AvgIpc) is 4.01. The first-order valence-electron chi connectivity index (χ1n) is 21.2. The Bertz CT molecular complexity index is 2380. The number of amides is 1. The number of ether oxygens (including phenoxy) is 1. The number of hydrogen-bond acceptors (Lipinski definition) is 15. The Labute approximate surface area is 358 Å². The monoisotopic (exact) mass is 861 g/mol. The molecule has 2 aliphatic rings. The molecule has 61 heavy (non-hydrogen) atoms. The molecule has 0 aliphatic carbocycles. The molecule has 2 aliphatic heterocycles. The topological polar surface area (TPSA) is 228 Å². The lowest BCUT2D eigenvalue weighted by Gasteiger charge is -2.36. The SMILES string of the molecule is [2H]C[C@H]1O[C@@H](n2cnc3c(=O)[nH]c(Nc4cc(-c5nnc(-c6ccc(N7CCC(N)CC7)cc6)o5)ccc4NC(C)=O)nc32)C[C@H]1OP(OCC[N+]#[C-])N(C(C)C)C(C)C.[3H]OC. The Kier molecular flexibility index (Phi) is 14.2. The molecule has 2 saturated heterocycles. The third-order valence-electron chi connectivity index (χ3n) is 10.1. The fourth-order valence-corrected chi connectivity index (χ4v) is 8.97. The van der Waals surface area contributed by atoms with Crippen LogP contribution in [0.2, 0.25) is 0 Å². The molecule has 0 bridgehead atoms. The lowest BCUT2D eigenvalue weighted by molar-refractivity contribution is -0.114. The van der Waals surface area contributed by atoms with Gasteiger partial charge in [0.2, 0.25) is 31.6 Å². The lowest BCUT2D eigenvalue weighted by atomic mass is 10.1. The molecule has 19 nitrogen and oxygen atoms in total. The predicted octanol–water partition coefficient (Wildman–Crippen LogP) is 6.05. The van der Waals surface area contributed by atoms with Gasteiger partial charge in [0.05, 0.1) is 29.9 Å². The summed E-state index contributed by atoms with van der Waals surface area (Å²) in [4.78, 5) is 43.3. The molecule has 1 amide bonds. The van der Waals surface area contributed by atoms with Gasteiger partial charge in [0, 0.05) is 69.9 Å². The fourth-order valence-electron chi connectivity index (χ4n) is 7.22. The van der Waals surface area contributed by atoms with Gasteiger partial charge in [-0.3, -0.25) is 19.1 Å². The number of fused-ring (bicyclic) bond motifs is 1. The van der Waals surface area contributed by atoms with Gasteiger partial charge in [-0.2, -0.15) is 4.98 Å². The maximum atomic E-state index is 13.4. The standard InChI is InChI=1S/C40H51N12O6P.CH4O/c1-23(2)52(24(3)4)59(55-19-16-42-7)58-33-21-34(56-25(33)5)51-22-43-35-36(51)46-40(47-37(35)54)45-32-20-28(10-13-31(32)44-26(6)53)39-49-48-38(57-39)27-8-11-30(12-9-27)50-17-14-29(41)15-18-50;1-2/h8-13,20,22-25,29,33-34H,14-19,21,41H2,1-6H3,(H,44,53)(H2,45,46,47,54);2H,1H3/t25-,33-,34-,59?;/m1./s1/i5D;2T. The van der Waals surface area contributed by atoms with Crippen LogP contribution in [0.1, 0.15) is 68.4 Å². The first-order valence-corrected chi connectivity index (χ1v) is 21.2. The second-order valence-electron chi connectivity index (χ2n) is 15.1. The normalized spacial score (nSPS) is 19.1. The van der Waals surface area contributed by atoms with Crippen molar-refractivity contribution in [2.24, 2.45) is 5.73 Å². The Morgan fingerprint density at radius 2 is 1.85 bits per heavy atom. The van der Waals surface area contributed by atoms with Crippen LogP contribution < -0.4 is 26.8 Å². The number of H-pyrrole nitrogens is 1. The zero-order valence-corrected chi connectivity index (χ0v) is 36.1. The van der Waals surface area contributed by atoms with E-state index >= 15 is 0 Å². The van der Waals surface area contributed by atoms with Gasteiger partial charge in [-0.1, -0.05) is 0 Å². The summed E-state index contributed by atoms with van der Waals surface area (Å²) in [5.74, 6) is 0.361. The quantitative estimate of drug-likeness (QED) is 0.0459. The summed E-state index contributed by atoms with van der Waals surface area (Å²) < 4.78 is 43.0. The number of rotatable bonds is 15. The van der Waals surface area contributed by atoms with Gasteiger partial charge in [-0.15, -0.1) is 10.2 Å². The van der Waals surface area contributed by atoms with Gasteiger partial charge in [0.25, 0.3) is 14.1 Å². The Hall–Kier alpha value is -5.32. The van der Waals surface area contributed by atoms with E-state index in [0.717, 1.165) is 37.2 Å². The minimum atomic E-state index is -1.58. The summed E-state index contributed by atoms with van der Waals surface area (Å²) in [6.45, 7) is 19.0. The average molecular weight is 862 g/mol. The van der Waals surface area contributed by atoms with E-state index in [0.29, 0.717) is 29.2 Å². The second kappa shape index (κ2) is 20.5. The van der Waals surface area contributed by atoms with Crippen LogP contribution in [0, 0.1) is 6.57 Å². The van der Waals surface area contributed by atoms with Gasteiger partial charge in [-0.25, -0.2) is 16.2 Å². The molecule has 5 aromatic rings. The van der Waals surface area contributed by atoms with Crippen LogP contribution in [0.3, 0.4) is 0 Å². The number of carbonyl (C=O) groups is 1. The molecular formula is C41H55N12O7P. The highest BCUT2D eigenvalue weighted by molar-refractivity contribution is 7.44. The van der Waals surface area contributed by atoms with Crippen molar-refractivity contribution < 1.29 is 29.5 Å². The van der Waals surface area contributed by atoms with E-state index in [1.54, 1.807) is 22.8 Å². The van der Waals surface area contributed by atoms with E-state index in [9.17, 15) is 9.59 Å². The zero-order chi connectivity index (χ0) is 45.2. The third kappa shape index (κ3) is 10.8. The summed E-state index contributed by atoms with van der Waals surface area (Å²) in [6.07, 6.45) is 1.96. The van der Waals surface area contributed by atoms with Crippen molar-refractivity contribution in [1.29, 1.82) is 1.43 Å². The third-order valence-corrected chi connectivity index (χ3v) is 12.2. The Morgan fingerprint density at radius 3 is 2.51 bits per heavy atom. The minimum absolute atomic E-state index is 0.0732. The van der Waals surface area contributed by atoms with Crippen LogP contribution in [-0.2, 0) is 18.6 Å². The van der Waals surface area contributed by atoms with Crippen molar-refractivity contribution in [2.45, 2.75) is 97.3 Å². The van der Waals surface area contributed by atoms with Crippen LogP contribution in [0.5, 0.6) is 0 Å². The number of aliphatic hydroxyl groups excluding tert-OH is 1. The smallest absolute Gasteiger partial charge is 0.280 e. The molecule has 2 fully saturated rings. The lowest BCUT2D eigenvalue weighted by Crippen LogP contribution is -2.39. The first-order chi connectivity index (χ1) is 30.3. The molecule has 0 radical (unpaired) electrons. The van der Waals surface area contributed by atoms with Gasteiger partial charge >= 0.3 is 0 Å². The van der Waals surface area contributed by atoms with Gasteiger partial charge in [0.1, 0.15) is 12.8 Å². The first kappa shape index (κ1) is 42.4. The van der Waals surface area contributed by atoms with E-state index in [1.165, 1.54) is 20.4 Å². The van der Waals surface area contributed by atoms with Gasteiger partial charge < -0.3 is 49.4 Å². The molecule has 20 heteroatoms. The van der Waals surface area contributed by atoms with E-state index < -0.39 is 32.5 Å². The molecule has 3 aromatic heterocycles. The second-order valence-corrected chi connectivity index (χ2v) is 16.5. The summed E-state index contributed by atoms with van der Waals surface area (Å²) in [6, 6.07) is 13.6. The molecule has 0 spiro atoms. The number of nitrogens with zero attached hydrogens (tertiary/aromatic N) is 8. The Morgan fingerprint density at radius 1 is 1.16 bits per heavy atom. The van der Waals surface area contributed by atoms with Crippen molar-refractivity contribution in [1.82, 2.24) is 34.4 Å². The van der Waals surface area contributed by atoms with Crippen molar-refractivity contribution in [2.75, 3.05) is 48.9 Å². The molecule has 4 atom stereocenters. The zero-order valence-electron chi connectivity index (χ0n) is 37.2. The van der Waals surface area contributed by atoms with Crippen LogP contribution in [0.15, 0.2) is 58.0 Å². The number of nitrogens with two attached hydrogens (primary N) is 1. The molecule has 326 valence electrons. The van der Waals surface area contributed by atoms with Crippen molar-refractivity contribution in [3.8, 4) is 22.9 Å². The molecule has 7 rings (SSSR count). The van der Waals surface area contributed by atoms with E-state index in [4.69, 9.17) is 38.3 Å². The van der Waals surface area contributed by atoms with Crippen LogP contribution in [0.25, 0.3) is 38.9 Å². The molecule has 5 heterocycles. The number of imidazole rings is 1. The summed E-state index contributed by atoms with van der Waals surface area (Å²) >= 11 is 0. The summed E-state index contributed by atoms with van der Waals surface area (Å²) in [5.41, 5.74) is 9.16. The van der Waals surface area contributed by atoms with Crippen molar-refractivity contribution in [3.05, 3.63) is 70.6 Å². The number of aromatic amines is 1. The maximum absolute atomic E-state index is 13.4. The highest BCUT2D eigenvalue weighted by Crippen LogP contribution is 2.50. The van der Waals surface area contributed by atoms with Crippen molar-refractivity contribution in [3.63, 3.8) is 0 Å². The minimum Gasteiger partial charge on any atom is -0.416 e. The highest BCUT2D eigenvalue weighted by Gasteiger charge is 2.40. The summed E-state index contributed by atoms with van der Waals surface area (Å²) in [5, 5.41) is 18.1. The fraction of sp³-hybridized carbons (Fsp3) is 0.488. The molecule has 1 unspecified atom stereocenters. The number of anilines is 4. The number of piperidine rings is 1. The van der Waals surface area contributed by atoms with E-state index in [1.807, 2.05) is 24.3 Å². The van der Waals surface area contributed by atoms with Crippen molar-refractivity contribution >= 4 is 48.6 Å². The number of aliphatic hydroxyl groups is 1. The van der Waals surface area contributed by atoms with E-state index in [2.05, 4.69) is 78.0 Å². The molecular weight excluding hydrogens is 804 g/mol. The van der Waals surface area contributed by atoms with Crippen LogP contribution >= 0.6 is 8.53 Å². The number of hydrogen-bond donors (Lipinski definition) is 5. The van der Waals surface area contributed by atoms with E-state index in [-0.39, 0.29) is 67.1 Å². The number of aromatic nitrogens is 6. The number of carbonyl (C=O) groups excluding carboxylic acids is 1. The molecule has 0 saturated carbocycles. The number of nitrogens with one attached hydrogen (secondary N) is 3. The van der Waals surface area contributed by atoms with Crippen LogP contribution in [0.4, 0.5) is 23.0 Å². The Balaban J connectivity index is 0.00000214. The van der Waals surface area contributed by atoms with Gasteiger partial charge in [-0.05, 0) is 89.9 Å². The number of benzene rings is 2. The molecule has 6 N–H and O–H groups in total. The predicted molar refractivity (Wildman–Crippen MR) is 234 cm³/mol. The highest BCUT2D eigenvalue weighted by atomic mass is 31.2. The van der Waals surface area contributed by atoms with Gasteiger partial charge in [0.15, 0.2) is 11.2 Å². The largest absolute Gasteiger partial charge is 0.416 e. The van der Waals surface area contributed by atoms with Crippen LogP contribution in [-0.4, -0.2) is 111 Å². The maximum Gasteiger partial charge on any atom is 0.280 e.